The third kappa shape index (κ3) is 8.42. The molecule has 2 rings (SSSR count). The summed E-state index contributed by atoms with van der Waals surface area (Å²) in [4.78, 5) is 40.2. The van der Waals surface area contributed by atoms with Crippen LogP contribution in [0, 0.1) is 11.8 Å². The number of carbonyl (C=O) groups is 3. The average Bonchev–Trinajstić information content (AvgIpc) is 2.76. The molecule has 0 unspecified atom stereocenters. The standard InChI is InChI=1S/C24H37N3O4/c1-17(2)15-21(26-23(30)19-11-13-27(3)14-12-19)24(31)25-20(22(29)16-28)10-9-18-7-5-4-6-8-18/h4-8,17,19-21,28H,9-16H2,1-3H3,(H,25,31)(H,26,30)/t20-,21-/m0/s1. The minimum atomic E-state index is -0.785. The fourth-order valence-electron chi connectivity index (χ4n) is 3.92. The van der Waals surface area contributed by atoms with Gasteiger partial charge in [-0.05, 0) is 63.7 Å². The molecule has 0 bridgehead atoms. The summed E-state index contributed by atoms with van der Waals surface area (Å²) < 4.78 is 0. The number of benzene rings is 1. The zero-order valence-corrected chi connectivity index (χ0v) is 19.0. The fourth-order valence-corrected chi connectivity index (χ4v) is 3.92. The highest BCUT2D eigenvalue weighted by Crippen LogP contribution is 2.17. The number of rotatable bonds is 11. The van der Waals surface area contributed by atoms with Gasteiger partial charge in [-0.1, -0.05) is 44.2 Å². The van der Waals surface area contributed by atoms with Crippen LogP contribution in [0.25, 0.3) is 0 Å². The quantitative estimate of drug-likeness (QED) is 0.494. The van der Waals surface area contributed by atoms with Crippen LogP contribution in [0.1, 0.15) is 45.1 Å². The maximum atomic E-state index is 13.0. The van der Waals surface area contributed by atoms with Crippen molar-refractivity contribution in [2.24, 2.45) is 11.8 Å². The second-order valence-corrected chi connectivity index (χ2v) is 8.98. The average molecular weight is 432 g/mol. The smallest absolute Gasteiger partial charge is 0.243 e. The van der Waals surface area contributed by atoms with E-state index < -0.39 is 24.5 Å². The lowest BCUT2D eigenvalue weighted by Crippen LogP contribution is -2.54. The molecule has 2 atom stereocenters. The van der Waals surface area contributed by atoms with E-state index in [1.165, 1.54) is 0 Å². The lowest BCUT2D eigenvalue weighted by atomic mass is 9.94. The summed E-state index contributed by atoms with van der Waals surface area (Å²) in [7, 11) is 2.04. The fraction of sp³-hybridized carbons (Fsp3) is 0.625. The Morgan fingerprint density at radius 2 is 1.71 bits per heavy atom. The molecule has 3 N–H and O–H groups in total. The van der Waals surface area contributed by atoms with Crippen LogP contribution in [0.3, 0.4) is 0 Å². The van der Waals surface area contributed by atoms with E-state index in [2.05, 4.69) is 15.5 Å². The molecule has 0 radical (unpaired) electrons. The zero-order chi connectivity index (χ0) is 22.8. The van der Waals surface area contributed by atoms with Crippen molar-refractivity contribution in [3.05, 3.63) is 35.9 Å². The number of Topliss-reactive ketones (excluding diaryl/α,β-unsaturated/α-hetero) is 1. The Bertz CT molecular complexity index is 715. The number of aryl methyl sites for hydroxylation is 1. The molecule has 1 aromatic carbocycles. The molecule has 2 amide bonds. The van der Waals surface area contributed by atoms with Gasteiger partial charge < -0.3 is 20.6 Å². The first-order valence-corrected chi connectivity index (χ1v) is 11.3. The van der Waals surface area contributed by atoms with Crippen molar-refractivity contribution in [1.29, 1.82) is 0 Å². The van der Waals surface area contributed by atoms with Crippen molar-refractivity contribution in [3.8, 4) is 0 Å². The van der Waals surface area contributed by atoms with Crippen molar-refractivity contribution in [2.75, 3.05) is 26.7 Å². The number of likely N-dealkylation sites (tertiary alicyclic amines) is 1. The van der Waals surface area contributed by atoms with Crippen LogP contribution >= 0.6 is 0 Å². The predicted molar refractivity (Wildman–Crippen MR) is 120 cm³/mol. The maximum Gasteiger partial charge on any atom is 0.243 e. The monoisotopic (exact) mass is 431 g/mol. The molecule has 1 fully saturated rings. The molecule has 1 heterocycles. The Morgan fingerprint density at radius 1 is 1.06 bits per heavy atom. The van der Waals surface area contributed by atoms with Gasteiger partial charge in [-0.2, -0.15) is 0 Å². The molecule has 31 heavy (non-hydrogen) atoms. The summed E-state index contributed by atoms with van der Waals surface area (Å²) in [6, 6.07) is 8.22. The third-order valence-corrected chi connectivity index (χ3v) is 5.85. The van der Waals surface area contributed by atoms with E-state index in [9.17, 15) is 19.5 Å². The first-order chi connectivity index (χ1) is 14.8. The lowest BCUT2D eigenvalue weighted by molar-refractivity contribution is -0.134. The number of nitrogens with zero attached hydrogens (tertiary/aromatic N) is 1. The van der Waals surface area contributed by atoms with E-state index in [0.29, 0.717) is 19.3 Å². The summed E-state index contributed by atoms with van der Waals surface area (Å²) in [6.45, 7) is 5.09. The Hall–Kier alpha value is -2.25. The summed E-state index contributed by atoms with van der Waals surface area (Å²) in [5.41, 5.74) is 1.06. The topological polar surface area (TPSA) is 98.7 Å². The Morgan fingerprint density at radius 3 is 2.29 bits per heavy atom. The summed E-state index contributed by atoms with van der Waals surface area (Å²) in [5, 5.41) is 15.1. The van der Waals surface area contributed by atoms with Crippen LogP contribution in [0.5, 0.6) is 0 Å². The molecule has 0 spiro atoms. The van der Waals surface area contributed by atoms with Crippen LogP contribution < -0.4 is 10.6 Å². The van der Waals surface area contributed by atoms with Gasteiger partial charge in [0.05, 0.1) is 6.04 Å². The molecule has 7 nitrogen and oxygen atoms in total. The highest BCUT2D eigenvalue weighted by atomic mass is 16.3. The van der Waals surface area contributed by atoms with E-state index in [1.807, 2.05) is 51.2 Å². The molecule has 1 aliphatic rings. The second-order valence-electron chi connectivity index (χ2n) is 8.98. The molecule has 1 aromatic rings. The number of hydrogen-bond donors (Lipinski definition) is 3. The normalized spacial score (nSPS) is 17.2. The third-order valence-electron chi connectivity index (χ3n) is 5.85. The first kappa shape index (κ1) is 25.0. The molecule has 172 valence electrons. The van der Waals surface area contributed by atoms with Crippen molar-refractivity contribution in [3.63, 3.8) is 0 Å². The van der Waals surface area contributed by atoms with E-state index in [0.717, 1.165) is 31.5 Å². The molecular formula is C24H37N3O4. The summed E-state index contributed by atoms with van der Waals surface area (Å²) in [5.74, 6) is -0.774. The Balaban J connectivity index is 2.01. The van der Waals surface area contributed by atoms with Gasteiger partial charge in [0.2, 0.25) is 11.8 Å². The van der Waals surface area contributed by atoms with Crippen molar-refractivity contribution in [1.82, 2.24) is 15.5 Å². The van der Waals surface area contributed by atoms with E-state index >= 15 is 0 Å². The van der Waals surface area contributed by atoms with Gasteiger partial charge in [0, 0.05) is 5.92 Å². The molecule has 1 aliphatic heterocycles. The van der Waals surface area contributed by atoms with E-state index in [4.69, 9.17) is 0 Å². The van der Waals surface area contributed by atoms with Crippen LogP contribution in [0.4, 0.5) is 0 Å². The number of ketones is 1. The summed E-state index contributed by atoms with van der Waals surface area (Å²) >= 11 is 0. The number of piperidine rings is 1. The van der Waals surface area contributed by atoms with Crippen molar-refractivity contribution in [2.45, 2.75) is 58.0 Å². The molecule has 7 heteroatoms. The number of aliphatic hydroxyl groups excluding tert-OH is 1. The molecule has 0 saturated carbocycles. The van der Waals surface area contributed by atoms with Crippen molar-refractivity contribution >= 4 is 17.6 Å². The molecular weight excluding hydrogens is 394 g/mol. The van der Waals surface area contributed by atoms with Crippen LogP contribution in [-0.4, -0.2) is 66.4 Å². The van der Waals surface area contributed by atoms with Gasteiger partial charge >= 0.3 is 0 Å². The van der Waals surface area contributed by atoms with Gasteiger partial charge in [-0.15, -0.1) is 0 Å². The van der Waals surface area contributed by atoms with Gasteiger partial charge in [0.1, 0.15) is 12.6 Å². The van der Waals surface area contributed by atoms with E-state index in [1.54, 1.807) is 0 Å². The largest absolute Gasteiger partial charge is 0.389 e. The van der Waals surface area contributed by atoms with Gasteiger partial charge in [0.15, 0.2) is 5.78 Å². The number of aliphatic hydroxyl groups is 1. The zero-order valence-electron chi connectivity index (χ0n) is 19.0. The van der Waals surface area contributed by atoms with E-state index in [-0.39, 0.29) is 23.7 Å². The number of hydrogen-bond acceptors (Lipinski definition) is 5. The van der Waals surface area contributed by atoms with Crippen molar-refractivity contribution < 1.29 is 19.5 Å². The minimum Gasteiger partial charge on any atom is -0.389 e. The SMILES string of the molecule is CC(C)C[C@H](NC(=O)C1CCN(C)CC1)C(=O)N[C@@H](CCc1ccccc1)C(=O)CO. The maximum absolute atomic E-state index is 13.0. The Kier molecular flexibility index (Phi) is 10.1. The molecule has 0 aromatic heterocycles. The second kappa shape index (κ2) is 12.6. The molecule has 1 saturated heterocycles. The predicted octanol–water partition coefficient (Wildman–Crippen LogP) is 1.54. The number of carbonyl (C=O) groups excluding carboxylic acids is 3. The minimum absolute atomic E-state index is 0.0911. The number of amides is 2. The first-order valence-electron chi connectivity index (χ1n) is 11.3. The van der Waals surface area contributed by atoms with Gasteiger partial charge in [0.25, 0.3) is 0 Å². The lowest BCUT2D eigenvalue weighted by Gasteiger charge is -2.30. The number of nitrogens with one attached hydrogen (secondary N) is 2. The highest BCUT2D eigenvalue weighted by molar-refractivity contribution is 5.93. The molecule has 0 aliphatic carbocycles. The Labute approximate surface area is 185 Å². The van der Waals surface area contributed by atoms with Gasteiger partial charge in [-0.25, -0.2) is 0 Å². The van der Waals surface area contributed by atoms with Crippen LogP contribution in [0.2, 0.25) is 0 Å². The van der Waals surface area contributed by atoms with Gasteiger partial charge in [-0.3, -0.25) is 14.4 Å². The highest BCUT2D eigenvalue weighted by Gasteiger charge is 2.30. The van der Waals surface area contributed by atoms with Crippen LogP contribution in [-0.2, 0) is 20.8 Å². The van der Waals surface area contributed by atoms with Crippen LogP contribution in [0.15, 0.2) is 30.3 Å². The summed E-state index contributed by atoms with van der Waals surface area (Å²) in [6.07, 6.45) is 3.05.